The molecule has 0 aliphatic rings. The Hall–Kier alpha value is -1.24. The van der Waals surface area contributed by atoms with Gasteiger partial charge < -0.3 is 0 Å². The van der Waals surface area contributed by atoms with Crippen LogP contribution >= 0.6 is 0 Å². The minimum Gasteiger partial charge on any atom is -0.102 e. The average molecular weight is 297 g/mol. The molecule has 114 valence electrons. The van der Waals surface area contributed by atoms with Crippen LogP contribution in [0.3, 0.4) is 0 Å². The molecule has 0 saturated heterocycles. The molecule has 0 heterocycles. The van der Waals surface area contributed by atoms with Crippen molar-refractivity contribution < 1.29 is 0 Å². The second-order valence-electron chi connectivity index (χ2n) is 7.70. The van der Waals surface area contributed by atoms with E-state index in [1.165, 1.54) is 49.6 Å². The number of benzene rings is 2. The minimum absolute atomic E-state index is 0.556. The van der Waals surface area contributed by atoms with Gasteiger partial charge in [-0.2, -0.15) is 0 Å². The highest BCUT2D eigenvalue weighted by atomic mass is 14.2. The molecule has 2 aromatic carbocycles. The Morgan fingerprint density at radius 1 is 0.565 bits per heavy atom. The lowest BCUT2D eigenvalue weighted by Gasteiger charge is -2.22. The van der Waals surface area contributed by atoms with E-state index in [2.05, 4.69) is 85.1 Å². The molecule has 0 bridgehead atoms. The predicted octanol–water partition coefficient (Wildman–Crippen LogP) is -3.11. The highest BCUT2D eigenvalue weighted by Gasteiger charge is 2.15. The molecule has 0 N–H and O–H groups in total. The Balaban J connectivity index is 2.82. The van der Waals surface area contributed by atoms with E-state index in [4.69, 9.17) is 0 Å². The molecule has 0 fully saturated rings. The maximum atomic E-state index is 2.40. The molecule has 2 rings (SSSR count). The van der Waals surface area contributed by atoms with Crippen LogP contribution < -0.4 is 27.3 Å². The summed E-state index contributed by atoms with van der Waals surface area (Å²) in [6, 6.07) is 7.19. The monoisotopic (exact) mass is 298 g/mol. The van der Waals surface area contributed by atoms with Crippen molar-refractivity contribution in [3.8, 4) is 11.1 Å². The average Bonchev–Trinajstić information content (AvgIpc) is 2.50. The fourth-order valence-corrected chi connectivity index (χ4v) is 3.42. The molecular weight excluding hydrogens is 270 g/mol. The molecule has 0 radical (unpaired) electrons. The summed E-state index contributed by atoms with van der Waals surface area (Å²) in [5.74, 6) is 1.11. The highest BCUT2D eigenvalue weighted by molar-refractivity contribution is 6.68. The summed E-state index contributed by atoms with van der Waals surface area (Å²) < 4.78 is 0. The lowest BCUT2D eigenvalue weighted by Crippen LogP contribution is -2.55. The molecule has 0 saturated carbocycles. The van der Waals surface area contributed by atoms with Crippen molar-refractivity contribution in [2.24, 2.45) is 0 Å². The Morgan fingerprint density at radius 3 is 1.26 bits per heavy atom. The van der Waals surface area contributed by atoms with Gasteiger partial charge in [0.2, 0.25) is 0 Å². The summed E-state index contributed by atoms with van der Waals surface area (Å²) in [7, 11) is 11.3. The number of hydrogen-bond acceptors (Lipinski definition) is 0. The fourth-order valence-electron chi connectivity index (χ4n) is 3.42. The molecule has 0 atom stereocenters. The van der Waals surface area contributed by atoms with Crippen LogP contribution in [0.15, 0.2) is 18.2 Å². The fraction of sp³-hybridized carbons (Fsp3) is 0.333. The van der Waals surface area contributed by atoms with Gasteiger partial charge in [-0.15, -0.1) is 16.4 Å². The van der Waals surface area contributed by atoms with Crippen molar-refractivity contribution in [2.75, 3.05) is 0 Å². The second kappa shape index (κ2) is 6.71. The van der Waals surface area contributed by atoms with Crippen molar-refractivity contribution in [3.63, 3.8) is 0 Å². The van der Waals surface area contributed by atoms with Crippen LogP contribution in [0.1, 0.15) is 50.7 Å². The minimum atomic E-state index is 0.556. The molecule has 0 spiro atoms. The van der Waals surface area contributed by atoms with Crippen molar-refractivity contribution >= 4 is 66.5 Å². The maximum absolute atomic E-state index is 2.40. The first-order valence-electron chi connectivity index (χ1n) is 8.87. The van der Waals surface area contributed by atoms with Crippen molar-refractivity contribution in [1.29, 1.82) is 0 Å². The van der Waals surface area contributed by atoms with E-state index in [-0.39, 0.29) is 0 Å². The Bertz CT molecular complexity index is 692. The third-order valence-corrected chi connectivity index (χ3v) is 5.60. The van der Waals surface area contributed by atoms with E-state index in [0.717, 1.165) is 0 Å². The van der Waals surface area contributed by atoms with Crippen LogP contribution in [0.4, 0.5) is 0 Å². The Morgan fingerprint density at radius 2 is 0.913 bits per heavy atom. The van der Waals surface area contributed by atoms with Crippen molar-refractivity contribution in [2.45, 2.75) is 39.5 Å². The molecule has 2 aromatic rings. The summed E-state index contributed by atoms with van der Waals surface area (Å²) >= 11 is 0. The maximum Gasteiger partial charge on any atom is 0.139 e. The smallest absolute Gasteiger partial charge is 0.102 e. The van der Waals surface area contributed by atoms with Gasteiger partial charge in [0.15, 0.2) is 0 Å². The van der Waals surface area contributed by atoms with Crippen LogP contribution in [-0.4, -0.2) is 39.2 Å². The van der Waals surface area contributed by atoms with E-state index in [0.29, 0.717) is 11.8 Å². The lowest BCUT2D eigenvalue weighted by molar-refractivity contribution is 0.834. The molecule has 0 unspecified atom stereocenters. The highest BCUT2D eigenvalue weighted by Crippen LogP contribution is 2.27. The van der Waals surface area contributed by atoms with Gasteiger partial charge in [0.1, 0.15) is 39.2 Å². The summed E-state index contributed by atoms with van der Waals surface area (Å²) in [6.07, 6.45) is 0. The standard InChI is InChI=1S/C18H27B5/c1-8(2)10-5-11(9(3)4)7-12(6-10)13-14(19)16(21)18(23)17(22)15(13)20/h5-9H,19-23H2,1-4H3. The van der Waals surface area contributed by atoms with E-state index in [1.807, 2.05) is 0 Å². The van der Waals surface area contributed by atoms with Gasteiger partial charge in [0.25, 0.3) is 0 Å². The lowest BCUT2D eigenvalue weighted by atomic mass is 9.59. The van der Waals surface area contributed by atoms with Gasteiger partial charge in [-0.25, -0.2) is 0 Å². The van der Waals surface area contributed by atoms with Crippen LogP contribution in [-0.2, 0) is 0 Å². The van der Waals surface area contributed by atoms with Crippen molar-refractivity contribution in [3.05, 3.63) is 29.3 Å². The predicted molar refractivity (Wildman–Crippen MR) is 121 cm³/mol. The zero-order valence-corrected chi connectivity index (χ0v) is 16.4. The summed E-state index contributed by atoms with van der Waals surface area (Å²) in [6.45, 7) is 9.15. The third kappa shape index (κ3) is 3.34. The first-order valence-corrected chi connectivity index (χ1v) is 8.87. The van der Waals surface area contributed by atoms with Gasteiger partial charge >= 0.3 is 0 Å². The number of rotatable bonds is 3. The summed E-state index contributed by atoms with van der Waals surface area (Å²) in [5.41, 5.74) is 12.9. The largest absolute Gasteiger partial charge is 0.139 e. The van der Waals surface area contributed by atoms with E-state index < -0.39 is 0 Å². The molecule has 0 aliphatic heterocycles. The summed E-state index contributed by atoms with van der Waals surface area (Å²) in [4.78, 5) is 0. The molecular formula is C18H27B5. The Labute approximate surface area is 146 Å². The summed E-state index contributed by atoms with van der Waals surface area (Å²) in [5, 5.41) is 0. The topological polar surface area (TPSA) is 0 Å². The normalized spacial score (nSPS) is 11.4. The quantitative estimate of drug-likeness (QED) is 0.527. The van der Waals surface area contributed by atoms with Crippen LogP contribution in [0.25, 0.3) is 11.1 Å². The van der Waals surface area contributed by atoms with E-state index in [9.17, 15) is 0 Å². The SMILES string of the molecule is Bc1c(B)c(B)c(-c2cc(C(C)C)cc(C(C)C)c2)c(B)c1B. The van der Waals surface area contributed by atoms with Crippen LogP contribution in [0, 0.1) is 0 Å². The first-order chi connectivity index (χ1) is 10.6. The molecule has 23 heavy (non-hydrogen) atoms. The van der Waals surface area contributed by atoms with Crippen molar-refractivity contribution in [1.82, 2.24) is 0 Å². The second-order valence-corrected chi connectivity index (χ2v) is 7.70. The molecule has 0 aliphatic carbocycles. The third-order valence-electron chi connectivity index (χ3n) is 5.60. The Kier molecular flexibility index (Phi) is 5.28. The first kappa shape index (κ1) is 18.1. The van der Waals surface area contributed by atoms with Gasteiger partial charge in [-0.3, -0.25) is 0 Å². The van der Waals surface area contributed by atoms with Gasteiger partial charge in [-0.1, -0.05) is 56.8 Å². The molecule has 0 aromatic heterocycles. The van der Waals surface area contributed by atoms with Crippen LogP contribution in [0.2, 0.25) is 0 Å². The van der Waals surface area contributed by atoms with Gasteiger partial charge in [0, 0.05) is 0 Å². The van der Waals surface area contributed by atoms with Gasteiger partial charge in [-0.05, 0) is 34.1 Å². The van der Waals surface area contributed by atoms with Crippen LogP contribution in [0.5, 0.6) is 0 Å². The number of hydrogen-bond donors (Lipinski definition) is 0. The van der Waals surface area contributed by atoms with Gasteiger partial charge in [0.05, 0.1) is 0 Å². The molecule has 0 amide bonds. The van der Waals surface area contributed by atoms with E-state index in [1.54, 1.807) is 0 Å². The van der Waals surface area contributed by atoms with E-state index >= 15 is 0 Å². The molecule has 0 nitrogen and oxygen atoms in total. The zero-order chi connectivity index (χ0) is 17.5. The molecule has 5 heteroatoms. The zero-order valence-electron chi connectivity index (χ0n) is 16.4.